The SMILES string of the molecule is Cn1ccc2c(CCOS(C)(=O)=O)c([N+](=O)[O-])ccc21. The molecular weight excluding hydrogens is 284 g/mol. The summed E-state index contributed by atoms with van der Waals surface area (Å²) in [4.78, 5) is 10.6. The van der Waals surface area contributed by atoms with Gasteiger partial charge in [0, 0.05) is 42.2 Å². The second kappa shape index (κ2) is 5.22. The summed E-state index contributed by atoms with van der Waals surface area (Å²) in [5.74, 6) is 0. The van der Waals surface area contributed by atoms with Crippen molar-refractivity contribution in [3.05, 3.63) is 40.1 Å². The molecule has 7 nitrogen and oxygen atoms in total. The van der Waals surface area contributed by atoms with Crippen molar-refractivity contribution in [3.8, 4) is 0 Å². The minimum atomic E-state index is -3.55. The molecule has 0 spiro atoms. The van der Waals surface area contributed by atoms with Gasteiger partial charge in [-0.3, -0.25) is 14.3 Å². The van der Waals surface area contributed by atoms with Crippen molar-refractivity contribution in [2.45, 2.75) is 6.42 Å². The van der Waals surface area contributed by atoms with E-state index in [1.54, 1.807) is 18.3 Å². The van der Waals surface area contributed by atoms with Crippen molar-refractivity contribution < 1.29 is 17.5 Å². The van der Waals surface area contributed by atoms with Crippen molar-refractivity contribution in [1.29, 1.82) is 0 Å². The monoisotopic (exact) mass is 298 g/mol. The molecule has 8 heteroatoms. The predicted molar refractivity (Wildman–Crippen MR) is 74.1 cm³/mol. The largest absolute Gasteiger partial charge is 0.351 e. The van der Waals surface area contributed by atoms with Gasteiger partial charge in [0.05, 0.1) is 17.8 Å². The molecule has 1 heterocycles. The molecule has 0 unspecified atom stereocenters. The Balaban J connectivity index is 2.42. The van der Waals surface area contributed by atoms with Crippen LogP contribution in [-0.2, 0) is 27.8 Å². The zero-order valence-electron chi connectivity index (χ0n) is 11.1. The Kier molecular flexibility index (Phi) is 3.78. The van der Waals surface area contributed by atoms with Gasteiger partial charge >= 0.3 is 0 Å². The van der Waals surface area contributed by atoms with Gasteiger partial charge in [-0.15, -0.1) is 0 Å². The van der Waals surface area contributed by atoms with Crippen LogP contribution in [0, 0.1) is 10.1 Å². The molecule has 0 atom stereocenters. The van der Waals surface area contributed by atoms with Crippen LogP contribution in [-0.4, -0.2) is 30.8 Å². The van der Waals surface area contributed by atoms with E-state index in [-0.39, 0.29) is 18.7 Å². The first-order valence-corrected chi connectivity index (χ1v) is 7.67. The molecule has 0 aliphatic heterocycles. The maximum Gasteiger partial charge on any atom is 0.273 e. The summed E-state index contributed by atoms with van der Waals surface area (Å²) in [6.45, 7) is -0.117. The lowest BCUT2D eigenvalue weighted by Gasteiger charge is -2.06. The summed E-state index contributed by atoms with van der Waals surface area (Å²) in [6, 6.07) is 4.88. The molecule has 0 N–H and O–H groups in total. The number of aryl methyl sites for hydroxylation is 1. The van der Waals surface area contributed by atoms with Crippen LogP contribution in [0.1, 0.15) is 5.56 Å². The molecule has 1 aromatic carbocycles. The van der Waals surface area contributed by atoms with E-state index in [2.05, 4.69) is 4.18 Å². The number of rotatable bonds is 5. The maximum atomic E-state index is 11.1. The average molecular weight is 298 g/mol. The van der Waals surface area contributed by atoms with Crippen LogP contribution in [0.4, 0.5) is 5.69 Å². The zero-order chi connectivity index (χ0) is 14.9. The number of hydrogen-bond acceptors (Lipinski definition) is 5. The Hall–Kier alpha value is -1.93. The van der Waals surface area contributed by atoms with Gasteiger partial charge in [0.25, 0.3) is 15.8 Å². The van der Waals surface area contributed by atoms with Crippen molar-refractivity contribution in [2.75, 3.05) is 12.9 Å². The molecular formula is C12H14N2O5S. The smallest absolute Gasteiger partial charge is 0.273 e. The van der Waals surface area contributed by atoms with E-state index in [1.165, 1.54) is 6.07 Å². The van der Waals surface area contributed by atoms with E-state index >= 15 is 0 Å². The van der Waals surface area contributed by atoms with Crippen molar-refractivity contribution in [1.82, 2.24) is 4.57 Å². The highest BCUT2D eigenvalue weighted by atomic mass is 32.2. The Bertz CT molecular complexity index is 763. The van der Waals surface area contributed by atoms with Gasteiger partial charge in [-0.25, -0.2) is 0 Å². The predicted octanol–water partition coefficient (Wildman–Crippen LogP) is 1.61. The summed E-state index contributed by atoms with van der Waals surface area (Å²) >= 11 is 0. The Labute approximate surface area is 116 Å². The lowest BCUT2D eigenvalue weighted by molar-refractivity contribution is -0.385. The van der Waals surface area contributed by atoms with Crippen LogP contribution >= 0.6 is 0 Å². The van der Waals surface area contributed by atoms with Crippen LogP contribution in [0.3, 0.4) is 0 Å². The fourth-order valence-corrected chi connectivity index (χ4v) is 2.52. The molecule has 0 aliphatic carbocycles. The second-order valence-corrected chi connectivity index (χ2v) is 6.10. The van der Waals surface area contributed by atoms with Gasteiger partial charge in [0.1, 0.15) is 0 Å². The first-order valence-electron chi connectivity index (χ1n) is 5.85. The van der Waals surface area contributed by atoms with Crippen LogP contribution in [0.15, 0.2) is 24.4 Å². The third kappa shape index (κ3) is 2.97. The highest BCUT2D eigenvalue weighted by Crippen LogP contribution is 2.29. The van der Waals surface area contributed by atoms with Gasteiger partial charge in [-0.05, 0) is 12.1 Å². The first-order chi connectivity index (χ1) is 9.29. The van der Waals surface area contributed by atoms with E-state index < -0.39 is 15.0 Å². The van der Waals surface area contributed by atoms with Gasteiger partial charge in [-0.1, -0.05) is 0 Å². The third-order valence-electron chi connectivity index (χ3n) is 3.00. The summed E-state index contributed by atoms with van der Waals surface area (Å²) in [7, 11) is -1.71. The quantitative estimate of drug-likeness (QED) is 0.475. The number of nitrogens with zero attached hydrogens (tertiary/aromatic N) is 2. The molecule has 2 rings (SSSR count). The van der Waals surface area contributed by atoms with Gasteiger partial charge in [0.2, 0.25) is 0 Å². The summed E-state index contributed by atoms with van der Waals surface area (Å²) < 4.78 is 28.4. The number of benzene rings is 1. The Morgan fingerprint density at radius 2 is 2.05 bits per heavy atom. The average Bonchev–Trinajstić information content (AvgIpc) is 2.70. The Morgan fingerprint density at radius 3 is 2.65 bits per heavy atom. The van der Waals surface area contributed by atoms with E-state index in [0.717, 1.165) is 17.2 Å². The molecule has 0 aliphatic rings. The molecule has 0 saturated heterocycles. The van der Waals surface area contributed by atoms with Crippen molar-refractivity contribution in [2.24, 2.45) is 7.05 Å². The molecule has 1 aromatic heterocycles. The molecule has 0 fully saturated rings. The molecule has 108 valence electrons. The third-order valence-corrected chi connectivity index (χ3v) is 3.60. The normalized spacial score (nSPS) is 11.9. The topological polar surface area (TPSA) is 91.4 Å². The number of hydrogen-bond donors (Lipinski definition) is 0. The van der Waals surface area contributed by atoms with E-state index in [4.69, 9.17) is 0 Å². The van der Waals surface area contributed by atoms with E-state index in [9.17, 15) is 18.5 Å². The molecule has 0 amide bonds. The van der Waals surface area contributed by atoms with E-state index in [1.807, 2.05) is 11.6 Å². The molecule has 20 heavy (non-hydrogen) atoms. The van der Waals surface area contributed by atoms with Crippen LogP contribution < -0.4 is 0 Å². The molecule has 2 aromatic rings. The fourth-order valence-electron chi connectivity index (χ4n) is 2.13. The number of aromatic nitrogens is 1. The maximum absolute atomic E-state index is 11.1. The van der Waals surface area contributed by atoms with Crippen LogP contribution in [0.5, 0.6) is 0 Å². The zero-order valence-corrected chi connectivity index (χ0v) is 11.9. The minimum Gasteiger partial charge on any atom is -0.351 e. The van der Waals surface area contributed by atoms with Crippen LogP contribution in [0.25, 0.3) is 10.9 Å². The van der Waals surface area contributed by atoms with Crippen molar-refractivity contribution in [3.63, 3.8) is 0 Å². The second-order valence-electron chi connectivity index (χ2n) is 4.46. The lowest BCUT2D eigenvalue weighted by atomic mass is 10.1. The summed E-state index contributed by atoms with van der Waals surface area (Å²) in [5.41, 5.74) is 1.31. The van der Waals surface area contributed by atoms with Crippen molar-refractivity contribution >= 4 is 26.7 Å². The number of fused-ring (bicyclic) bond motifs is 1. The highest BCUT2D eigenvalue weighted by Gasteiger charge is 2.18. The molecule has 0 radical (unpaired) electrons. The number of nitro benzene ring substituents is 1. The fraction of sp³-hybridized carbons (Fsp3) is 0.333. The van der Waals surface area contributed by atoms with Crippen LogP contribution in [0.2, 0.25) is 0 Å². The molecule has 0 bridgehead atoms. The first kappa shape index (κ1) is 14.5. The van der Waals surface area contributed by atoms with E-state index in [0.29, 0.717) is 5.56 Å². The highest BCUT2D eigenvalue weighted by molar-refractivity contribution is 7.85. The minimum absolute atomic E-state index is 0.0270. The van der Waals surface area contributed by atoms with Gasteiger partial charge in [-0.2, -0.15) is 8.42 Å². The van der Waals surface area contributed by atoms with Gasteiger partial charge < -0.3 is 4.57 Å². The summed E-state index contributed by atoms with van der Waals surface area (Å²) in [5, 5.41) is 11.8. The standard InChI is InChI=1S/C12H14N2O5S/c1-13-7-5-9-10(6-8-19-20(2,17)18)12(14(15)16)4-3-11(9)13/h3-5,7H,6,8H2,1-2H3. The lowest BCUT2D eigenvalue weighted by Crippen LogP contribution is -2.07. The Morgan fingerprint density at radius 1 is 1.35 bits per heavy atom. The summed E-state index contributed by atoms with van der Waals surface area (Å²) in [6.07, 6.45) is 2.91. The number of nitro groups is 1. The molecule has 0 saturated carbocycles. The van der Waals surface area contributed by atoms with Gasteiger partial charge in [0.15, 0.2) is 0 Å².